The second-order valence-corrected chi connectivity index (χ2v) is 8.27. The van der Waals surface area contributed by atoms with Crippen LogP contribution in [0.3, 0.4) is 0 Å². The maximum atomic E-state index is 12.8. The highest BCUT2D eigenvalue weighted by Crippen LogP contribution is 2.29. The Labute approximate surface area is 143 Å². The van der Waals surface area contributed by atoms with Crippen LogP contribution in [0.2, 0.25) is 0 Å². The molecule has 0 amide bonds. The predicted molar refractivity (Wildman–Crippen MR) is 91.8 cm³/mol. The Kier molecular flexibility index (Phi) is 5.10. The van der Waals surface area contributed by atoms with E-state index in [0.717, 1.165) is 50.9 Å². The minimum absolute atomic E-state index is 0.174. The van der Waals surface area contributed by atoms with E-state index < -0.39 is 16.0 Å². The first-order valence-corrected chi connectivity index (χ1v) is 9.95. The SMILES string of the molecule is COC(=O)c1cc(S(=O)(=O)N2CCCCC2)ccc1N1CCCC1. The lowest BCUT2D eigenvalue weighted by atomic mass is 10.1. The number of ether oxygens (including phenoxy) is 1. The van der Waals surface area contributed by atoms with Gasteiger partial charge in [-0.05, 0) is 43.9 Å². The number of carbonyl (C=O) groups is 1. The molecule has 0 saturated carbocycles. The molecule has 1 aromatic rings. The van der Waals surface area contributed by atoms with Crippen LogP contribution in [0, 0.1) is 0 Å². The van der Waals surface area contributed by atoms with Gasteiger partial charge in [-0.1, -0.05) is 6.42 Å². The van der Waals surface area contributed by atoms with Gasteiger partial charge in [0.2, 0.25) is 10.0 Å². The van der Waals surface area contributed by atoms with Crippen molar-refractivity contribution in [2.45, 2.75) is 37.0 Å². The number of methoxy groups -OCH3 is 1. The Bertz CT molecular complexity index is 705. The standard InChI is InChI=1S/C17H24N2O4S/c1-23-17(20)15-13-14(7-8-16(15)18-9-5-6-10-18)24(21,22)19-11-3-2-4-12-19/h7-8,13H,2-6,9-12H2,1H3. The van der Waals surface area contributed by atoms with Crippen LogP contribution in [0.4, 0.5) is 5.69 Å². The Morgan fingerprint density at radius 2 is 1.62 bits per heavy atom. The van der Waals surface area contributed by atoms with Crippen molar-refractivity contribution in [1.82, 2.24) is 4.31 Å². The van der Waals surface area contributed by atoms with E-state index in [1.807, 2.05) is 0 Å². The zero-order chi connectivity index (χ0) is 17.2. The summed E-state index contributed by atoms with van der Waals surface area (Å²) in [7, 11) is -2.24. The van der Waals surface area contributed by atoms with Crippen LogP contribution in [-0.2, 0) is 14.8 Å². The number of hydrogen-bond donors (Lipinski definition) is 0. The van der Waals surface area contributed by atoms with Gasteiger partial charge < -0.3 is 9.64 Å². The molecule has 2 aliphatic rings. The molecule has 0 atom stereocenters. The third-order valence-electron chi connectivity index (χ3n) is 4.77. The molecule has 0 spiro atoms. The summed E-state index contributed by atoms with van der Waals surface area (Å²) in [4.78, 5) is 14.5. The summed E-state index contributed by atoms with van der Waals surface area (Å²) in [6, 6.07) is 4.84. The molecule has 0 aliphatic carbocycles. The highest BCUT2D eigenvalue weighted by Gasteiger charge is 2.28. The fourth-order valence-electron chi connectivity index (χ4n) is 3.44. The minimum Gasteiger partial charge on any atom is -0.465 e. The molecule has 6 nitrogen and oxygen atoms in total. The smallest absolute Gasteiger partial charge is 0.340 e. The van der Waals surface area contributed by atoms with E-state index in [4.69, 9.17) is 4.74 Å². The second-order valence-electron chi connectivity index (χ2n) is 6.33. The molecule has 3 rings (SSSR count). The number of piperidine rings is 1. The number of nitrogens with zero attached hydrogens (tertiary/aromatic N) is 2. The van der Waals surface area contributed by atoms with E-state index in [-0.39, 0.29) is 4.90 Å². The molecule has 0 radical (unpaired) electrons. The van der Waals surface area contributed by atoms with Crippen molar-refractivity contribution in [3.63, 3.8) is 0 Å². The van der Waals surface area contributed by atoms with Crippen molar-refractivity contribution in [1.29, 1.82) is 0 Å². The molecule has 0 N–H and O–H groups in total. The molecule has 1 aromatic carbocycles. The molecule has 0 bridgehead atoms. The van der Waals surface area contributed by atoms with Crippen molar-refractivity contribution in [2.75, 3.05) is 38.2 Å². The van der Waals surface area contributed by atoms with Crippen molar-refractivity contribution in [3.05, 3.63) is 23.8 Å². The van der Waals surface area contributed by atoms with E-state index in [1.54, 1.807) is 12.1 Å². The van der Waals surface area contributed by atoms with Gasteiger partial charge in [0.05, 0.1) is 23.3 Å². The average molecular weight is 352 g/mol. The third kappa shape index (κ3) is 3.28. The van der Waals surface area contributed by atoms with Crippen LogP contribution < -0.4 is 4.90 Å². The van der Waals surface area contributed by atoms with E-state index in [1.165, 1.54) is 17.5 Å². The van der Waals surface area contributed by atoms with E-state index in [9.17, 15) is 13.2 Å². The van der Waals surface area contributed by atoms with Crippen LogP contribution >= 0.6 is 0 Å². The number of anilines is 1. The molecule has 7 heteroatoms. The van der Waals surface area contributed by atoms with Crippen molar-refractivity contribution < 1.29 is 17.9 Å². The van der Waals surface area contributed by atoms with Gasteiger partial charge in [0.15, 0.2) is 0 Å². The van der Waals surface area contributed by atoms with Crippen molar-refractivity contribution in [3.8, 4) is 0 Å². The lowest BCUT2D eigenvalue weighted by molar-refractivity contribution is 0.0601. The quantitative estimate of drug-likeness (QED) is 0.778. The Hall–Kier alpha value is -1.60. The lowest BCUT2D eigenvalue weighted by Crippen LogP contribution is -2.35. The molecule has 2 aliphatic heterocycles. The van der Waals surface area contributed by atoms with Crippen molar-refractivity contribution in [2.24, 2.45) is 0 Å². The first-order valence-electron chi connectivity index (χ1n) is 8.51. The van der Waals surface area contributed by atoms with Gasteiger partial charge in [-0.25, -0.2) is 13.2 Å². The number of esters is 1. The summed E-state index contributed by atoms with van der Waals surface area (Å²) in [5.41, 5.74) is 1.09. The Morgan fingerprint density at radius 1 is 1.00 bits per heavy atom. The zero-order valence-corrected chi connectivity index (χ0v) is 14.8. The summed E-state index contributed by atoms with van der Waals surface area (Å²) >= 11 is 0. The first kappa shape index (κ1) is 17.2. The Balaban J connectivity index is 1.98. The fraction of sp³-hybridized carbons (Fsp3) is 0.588. The van der Waals surface area contributed by atoms with Gasteiger partial charge in [-0.2, -0.15) is 4.31 Å². The molecule has 24 heavy (non-hydrogen) atoms. The van der Waals surface area contributed by atoms with Gasteiger partial charge in [0, 0.05) is 26.2 Å². The first-order chi connectivity index (χ1) is 11.5. The minimum atomic E-state index is -3.56. The van der Waals surface area contributed by atoms with Gasteiger partial charge in [0.25, 0.3) is 0 Å². The molecule has 2 saturated heterocycles. The number of hydrogen-bond acceptors (Lipinski definition) is 5. The predicted octanol–water partition coefficient (Wildman–Crippen LogP) is 2.25. The maximum Gasteiger partial charge on any atom is 0.340 e. The van der Waals surface area contributed by atoms with Crippen LogP contribution in [-0.4, -0.2) is 52.0 Å². The summed E-state index contributed by atoms with van der Waals surface area (Å²) in [6.07, 6.45) is 4.99. The largest absolute Gasteiger partial charge is 0.465 e. The number of benzene rings is 1. The molecular weight excluding hydrogens is 328 g/mol. The molecule has 0 aromatic heterocycles. The zero-order valence-electron chi connectivity index (χ0n) is 14.0. The molecular formula is C17H24N2O4S. The topological polar surface area (TPSA) is 66.9 Å². The van der Waals surface area contributed by atoms with Crippen molar-refractivity contribution >= 4 is 21.7 Å². The highest BCUT2D eigenvalue weighted by atomic mass is 32.2. The van der Waals surface area contributed by atoms with Crippen LogP contribution in [0.15, 0.2) is 23.1 Å². The maximum absolute atomic E-state index is 12.8. The van der Waals surface area contributed by atoms with Gasteiger partial charge in [-0.3, -0.25) is 0 Å². The summed E-state index contributed by atoms with van der Waals surface area (Å²) < 4.78 is 32.1. The third-order valence-corrected chi connectivity index (χ3v) is 6.67. The van der Waals surface area contributed by atoms with E-state index in [2.05, 4.69) is 4.90 Å². The summed E-state index contributed by atoms with van der Waals surface area (Å²) in [5, 5.41) is 0. The molecule has 132 valence electrons. The Morgan fingerprint density at radius 3 is 2.25 bits per heavy atom. The summed E-state index contributed by atoms with van der Waals surface area (Å²) in [6.45, 7) is 2.85. The number of rotatable bonds is 4. The highest BCUT2D eigenvalue weighted by molar-refractivity contribution is 7.89. The van der Waals surface area contributed by atoms with Gasteiger partial charge in [-0.15, -0.1) is 0 Å². The van der Waals surface area contributed by atoms with Crippen LogP contribution in [0.1, 0.15) is 42.5 Å². The fourth-order valence-corrected chi connectivity index (χ4v) is 4.98. The van der Waals surface area contributed by atoms with E-state index >= 15 is 0 Å². The summed E-state index contributed by atoms with van der Waals surface area (Å²) in [5.74, 6) is -0.493. The number of carbonyl (C=O) groups excluding carboxylic acids is 1. The normalized spacial score (nSPS) is 19.5. The molecule has 0 unspecified atom stereocenters. The van der Waals surface area contributed by atoms with Gasteiger partial charge in [0.1, 0.15) is 0 Å². The van der Waals surface area contributed by atoms with Gasteiger partial charge >= 0.3 is 5.97 Å². The lowest BCUT2D eigenvalue weighted by Gasteiger charge is -2.27. The van der Waals surface area contributed by atoms with E-state index in [0.29, 0.717) is 18.7 Å². The monoisotopic (exact) mass is 352 g/mol. The number of sulfonamides is 1. The molecule has 2 heterocycles. The average Bonchev–Trinajstić information content (AvgIpc) is 3.15. The van der Waals surface area contributed by atoms with Crippen LogP contribution in [0.25, 0.3) is 0 Å². The van der Waals surface area contributed by atoms with Crippen LogP contribution in [0.5, 0.6) is 0 Å². The second kappa shape index (κ2) is 7.11. The molecule has 2 fully saturated rings.